The van der Waals surface area contributed by atoms with Crippen LogP contribution in [0.15, 0.2) is 30.8 Å². The van der Waals surface area contributed by atoms with E-state index < -0.39 is 35.6 Å². The SMILES string of the molecule is C=Cc1cccc(C(C(=O)NCCCC)N(CCCCC)C(=O)C(CCC(N)=O)NC(=O)OC(C)(C)C)c1. The van der Waals surface area contributed by atoms with E-state index in [9.17, 15) is 19.2 Å². The van der Waals surface area contributed by atoms with Gasteiger partial charge in [0.2, 0.25) is 17.7 Å². The number of nitrogens with one attached hydrogen (secondary N) is 2. The summed E-state index contributed by atoms with van der Waals surface area (Å²) in [5.74, 6) is -1.39. The highest BCUT2D eigenvalue weighted by Crippen LogP contribution is 2.25. The lowest BCUT2D eigenvalue weighted by atomic mass is 9.99. The summed E-state index contributed by atoms with van der Waals surface area (Å²) in [6, 6.07) is 5.27. The molecule has 38 heavy (non-hydrogen) atoms. The van der Waals surface area contributed by atoms with E-state index in [4.69, 9.17) is 10.5 Å². The second-order valence-electron chi connectivity index (χ2n) is 10.4. The molecule has 0 heterocycles. The lowest BCUT2D eigenvalue weighted by molar-refractivity contribution is -0.142. The third-order valence-corrected chi connectivity index (χ3v) is 5.81. The normalized spacial score (nSPS) is 12.7. The number of carbonyl (C=O) groups is 4. The molecule has 2 unspecified atom stereocenters. The third-order valence-electron chi connectivity index (χ3n) is 5.81. The predicted molar refractivity (Wildman–Crippen MR) is 150 cm³/mol. The quantitative estimate of drug-likeness (QED) is 0.272. The number of ether oxygens (including phenoxy) is 1. The van der Waals surface area contributed by atoms with Crippen molar-refractivity contribution < 1.29 is 23.9 Å². The van der Waals surface area contributed by atoms with Gasteiger partial charge in [0.05, 0.1) is 0 Å². The lowest BCUT2D eigenvalue weighted by Gasteiger charge is -2.34. The smallest absolute Gasteiger partial charge is 0.408 e. The summed E-state index contributed by atoms with van der Waals surface area (Å²) in [7, 11) is 0. The van der Waals surface area contributed by atoms with Crippen molar-refractivity contribution in [2.24, 2.45) is 5.73 Å². The Hall–Kier alpha value is -3.36. The largest absolute Gasteiger partial charge is 0.444 e. The summed E-state index contributed by atoms with van der Waals surface area (Å²) in [5, 5.41) is 5.57. The minimum atomic E-state index is -1.10. The first kappa shape index (κ1) is 32.7. The van der Waals surface area contributed by atoms with E-state index in [2.05, 4.69) is 17.2 Å². The van der Waals surface area contributed by atoms with Gasteiger partial charge in [-0.25, -0.2) is 4.79 Å². The second-order valence-corrected chi connectivity index (χ2v) is 10.4. The molecule has 0 spiro atoms. The Morgan fingerprint density at radius 1 is 1.11 bits per heavy atom. The molecule has 0 aliphatic carbocycles. The van der Waals surface area contributed by atoms with Crippen LogP contribution in [0.2, 0.25) is 0 Å². The van der Waals surface area contributed by atoms with Crippen molar-refractivity contribution in [3.63, 3.8) is 0 Å². The van der Waals surface area contributed by atoms with E-state index in [-0.39, 0.29) is 18.7 Å². The molecule has 0 saturated carbocycles. The lowest BCUT2D eigenvalue weighted by Crippen LogP contribution is -2.53. The number of amides is 4. The van der Waals surface area contributed by atoms with Crippen molar-refractivity contribution >= 4 is 29.9 Å². The Bertz CT molecular complexity index is 941. The van der Waals surface area contributed by atoms with Gasteiger partial charge in [0.1, 0.15) is 17.7 Å². The molecule has 0 fully saturated rings. The number of rotatable bonds is 16. The first-order chi connectivity index (χ1) is 17.9. The minimum absolute atomic E-state index is 0.0193. The first-order valence-corrected chi connectivity index (χ1v) is 13.5. The molecular weight excluding hydrogens is 484 g/mol. The monoisotopic (exact) mass is 530 g/mol. The number of alkyl carbamates (subject to hydrolysis) is 1. The molecule has 1 aromatic carbocycles. The molecule has 212 valence electrons. The summed E-state index contributed by atoms with van der Waals surface area (Å²) in [6.45, 7) is 13.8. The van der Waals surface area contributed by atoms with Crippen LogP contribution < -0.4 is 16.4 Å². The van der Waals surface area contributed by atoms with Crippen LogP contribution in [-0.2, 0) is 19.1 Å². The minimum Gasteiger partial charge on any atom is -0.444 e. The summed E-state index contributed by atoms with van der Waals surface area (Å²) in [6.07, 6.45) is 4.90. The van der Waals surface area contributed by atoms with Crippen LogP contribution in [0.5, 0.6) is 0 Å². The van der Waals surface area contributed by atoms with Gasteiger partial charge >= 0.3 is 6.09 Å². The van der Waals surface area contributed by atoms with Gasteiger partial charge < -0.3 is 26.0 Å². The van der Waals surface area contributed by atoms with Crippen molar-refractivity contribution in [3.05, 3.63) is 42.0 Å². The number of hydrogen-bond donors (Lipinski definition) is 3. The summed E-state index contributed by atoms with van der Waals surface area (Å²) in [4.78, 5) is 53.3. The van der Waals surface area contributed by atoms with E-state index in [1.165, 1.54) is 4.90 Å². The number of nitrogens with two attached hydrogens (primary N) is 1. The molecule has 1 aromatic rings. The van der Waals surface area contributed by atoms with Crippen LogP contribution in [0.3, 0.4) is 0 Å². The molecule has 9 nitrogen and oxygen atoms in total. The third kappa shape index (κ3) is 11.8. The molecule has 0 aliphatic heterocycles. The number of unbranched alkanes of at least 4 members (excludes halogenated alkanes) is 3. The fraction of sp³-hybridized carbons (Fsp3) is 0.586. The molecule has 2 atom stereocenters. The summed E-state index contributed by atoms with van der Waals surface area (Å²) < 4.78 is 5.36. The van der Waals surface area contributed by atoms with Gasteiger partial charge in [0.25, 0.3) is 0 Å². The van der Waals surface area contributed by atoms with Gasteiger partial charge in [0.15, 0.2) is 0 Å². The van der Waals surface area contributed by atoms with Gasteiger partial charge in [-0.05, 0) is 57.2 Å². The Labute approximate surface area is 227 Å². The maximum Gasteiger partial charge on any atom is 0.408 e. The Morgan fingerprint density at radius 3 is 2.37 bits per heavy atom. The van der Waals surface area contributed by atoms with Crippen LogP contribution in [0.4, 0.5) is 4.79 Å². The molecule has 0 aliphatic rings. The Balaban J connectivity index is 3.51. The topological polar surface area (TPSA) is 131 Å². The summed E-state index contributed by atoms with van der Waals surface area (Å²) >= 11 is 0. The zero-order chi connectivity index (χ0) is 28.7. The van der Waals surface area contributed by atoms with E-state index >= 15 is 0 Å². The maximum absolute atomic E-state index is 14.1. The molecule has 0 bridgehead atoms. The van der Waals surface area contributed by atoms with Crippen LogP contribution in [0.1, 0.15) is 96.7 Å². The van der Waals surface area contributed by atoms with E-state index in [1.807, 2.05) is 32.0 Å². The highest BCUT2D eigenvalue weighted by Gasteiger charge is 2.36. The fourth-order valence-electron chi connectivity index (χ4n) is 3.91. The van der Waals surface area contributed by atoms with Crippen molar-refractivity contribution in [2.75, 3.05) is 13.1 Å². The summed E-state index contributed by atoms with van der Waals surface area (Å²) in [5.41, 5.74) is 6.03. The van der Waals surface area contributed by atoms with E-state index in [1.54, 1.807) is 32.9 Å². The molecular formula is C29H46N4O5. The van der Waals surface area contributed by atoms with Gasteiger partial charge in [-0.1, -0.05) is 64.0 Å². The molecule has 0 aromatic heterocycles. The maximum atomic E-state index is 14.1. The van der Waals surface area contributed by atoms with Crippen LogP contribution in [0, 0.1) is 0 Å². The number of carbonyl (C=O) groups excluding carboxylic acids is 4. The number of nitrogens with zero attached hydrogens (tertiary/aromatic N) is 1. The fourth-order valence-corrected chi connectivity index (χ4v) is 3.91. The highest BCUT2D eigenvalue weighted by molar-refractivity contribution is 5.92. The molecule has 9 heteroatoms. The number of hydrogen-bond acceptors (Lipinski definition) is 5. The number of benzene rings is 1. The van der Waals surface area contributed by atoms with Crippen molar-refractivity contribution in [1.82, 2.24) is 15.5 Å². The van der Waals surface area contributed by atoms with Gasteiger partial charge in [-0.3, -0.25) is 14.4 Å². The number of primary amides is 1. The predicted octanol–water partition coefficient (Wildman–Crippen LogP) is 4.46. The average Bonchev–Trinajstić information content (AvgIpc) is 2.84. The second kappa shape index (κ2) is 16.5. The van der Waals surface area contributed by atoms with Crippen molar-refractivity contribution in [2.45, 2.75) is 97.2 Å². The average molecular weight is 531 g/mol. The van der Waals surface area contributed by atoms with Gasteiger partial charge in [0, 0.05) is 19.5 Å². The molecule has 4 N–H and O–H groups in total. The van der Waals surface area contributed by atoms with Gasteiger partial charge in [-0.2, -0.15) is 0 Å². The van der Waals surface area contributed by atoms with Crippen molar-refractivity contribution in [3.8, 4) is 0 Å². The standard InChI is InChI=1S/C29H46N4O5/c1-7-10-12-19-33(27(36)23(16-17-24(30)34)32-28(37)38-29(4,5)6)25(26(35)31-18-11-8-2)22-15-13-14-21(9-3)20-22/h9,13-15,20,23,25H,3,7-8,10-12,16-19H2,1-2,4-6H3,(H2,30,34)(H,31,35)(H,32,37). The van der Waals surface area contributed by atoms with Crippen LogP contribution in [0.25, 0.3) is 6.08 Å². The van der Waals surface area contributed by atoms with Crippen LogP contribution >= 0.6 is 0 Å². The molecule has 0 saturated heterocycles. The zero-order valence-electron chi connectivity index (χ0n) is 23.7. The van der Waals surface area contributed by atoms with E-state index in [0.29, 0.717) is 25.1 Å². The Kier molecular flexibility index (Phi) is 14.2. The zero-order valence-corrected chi connectivity index (χ0v) is 23.7. The molecule has 0 radical (unpaired) electrons. The first-order valence-electron chi connectivity index (χ1n) is 13.5. The van der Waals surface area contributed by atoms with Crippen molar-refractivity contribution in [1.29, 1.82) is 0 Å². The molecule has 1 rings (SSSR count). The van der Waals surface area contributed by atoms with E-state index in [0.717, 1.165) is 31.2 Å². The Morgan fingerprint density at radius 2 is 1.79 bits per heavy atom. The van der Waals surface area contributed by atoms with Crippen LogP contribution in [-0.4, -0.2) is 53.4 Å². The highest BCUT2D eigenvalue weighted by atomic mass is 16.6. The molecule has 4 amide bonds. The van der Waals surface area contributed by atoms with Gasteiger partial charge in [-0.15, -0.1) is 0 Å².